The standard InChI is InChI=1S/C19H23N3O/c1-15(23)21-19-7-10-22(11-8-19)14-16-4-2-5-17(12-16)18-6-3-9-20-13-18/h2-6,9,12-13,19H,7-8,10-11,14H2,1H3,(H,21,23). The fourth-order valence-electron chi connectivity index (χ4n) is 3.16. The maximum absolute atomic E-state index is 11.1. The van der Waals surface area contributed by atoms with Crippen molar-refractivity contribution in [1.29, 1.82) is 0 Å². The molecule has 1 fully saturated rings. The molecule has 0 unspecified atom stereocenters. The summed E-state index contributed by atoms with van der Waals surface area (Å²) in [5, 5.41) is 3.02. The fourth-order valence-corrected chi connectivity index (χ4v) is 3.16. The number of amides is 1. The van der Waals surface area contributed by atoms with Crippen molar-refractivity contribution in [1.82, 2.24) is 15.2 Å². The minimum Gasteiger partial charge on any atom is -0.354 e. The van der Waals surface area contributed by atoms with E-state index in [0.717, 1.165) is 38.0 Å². The van der Waals surface area contributed by atoms with E-state index in [2.05, 4.69) is 45.5 Å². The molecule has 1 aromatic heterocycles. The first-order valence-electron chi connectivity index (χ1n) is 8.19. The first-order chi connectivity index (χ1) is 11.2. The Bertz CT molecular complexity index is 649. The number of rotatable bonds is 4. The average Bonchev–Trinajstić information content (AvgIpc) is 2.57. The number of nitrogens with one attached hydrogen (secondary N) is 1. The van der Waals surface area contributed by atoms with Gasteiger partial charge in [0.15, 0.2) is 0 Å². The number of likely N-dealkylation sites (tertiary alicyclic amines) is 1. The van der Waals surface area contributed by atoms with Crippen molar-refractivity contribution in [3.8, 4) is 11.1 Å². The van der Waals surface area contributed by atoms with Crippen LogP contribution in [-0.4, -0.2) is 34.9 Å². The SMILES string of the molecule is CC(=O)NC1CCN(Cc2cccc(-c3cccnc3)c2)CC1. The summed E-state index contributed by atoms with van der Waals surface area (Å²) < 4.78 is 0. The number of hydrogen-bond acceptors (Lipinski definition) is 3. The van der Waals surface area contributed by atoms with Crippen LogP contribution in [0.3, 0.4) is 0 Å². The lowest BCUT2D eigenvalue weighted by molar-refractivity contribution is -0.119. The van der Waals surface area contributed by atoms with Gasteiger partial charge in [-0.2, -0.15) is 0 Å². The predicted molar refractivity (Wildman–Crippen MR) is 91.8 cm³/mol. The first-order valence-corrected chi connectivity index (χ1v) is 8.19. The Morgan fingerprint density at radius 1 is 1.22 bits per heavy atom. The van der Waals surface area contributed by atoms with Gasteiger partial charge in [0.1, 0.15) is 0 Å². The molecule has 0 aliphatic carbocycles. The van der Waals surface area contributed by atoms with E-state index >= 15 is 0 Å². The molecule has 120 valence electrons. The van der Waals surface area contributed by atoms with Crippen molar-refractivity contribution >= 4 is 5.91 Å². The number of piperidine rings is 1. The van der Waals surface area contributed by atoms with Crippen LogP contribution in [0.25, 0.3) is 11.1 Å². The fraction of sp³-hybridized carbons (Fsp3) is 0.368. The summed E-state index contributed by atoms with van der Waals surface area (Å²) in [7, 11) is 0. The monoisotopic (exact) mass is 309 g/mol. The van der Waals surface area contributed by atoms with Crippen LogP contribution >= 0.6 is 0 Å². The third kappa shape index (κ3) is 4.39. The summed E-state index contributed by atoms with van der Waals surface area (Å²) in [4.78, 5) is 17.8. The molecule has 0 radical (unpaired) electrons. The third-order valence-electron chi connectivity index (χ3n) is 4.32. The molecule has 3 rings (SSSR count). The van der Waals surface area contributed by atoms with Gasteiger partial charge < -0.3 is 5.32 Å². The molecule has 1 aliphatic heterocycles. The van der Waals surface area contributed by atoms with Gasteiger partial charge in [-0.05, 0) is 41.7 Å². The quantitative estimate of drug-likeness (QED) is 0.944. The second-order valence-corrected chi connectivity index (χ2v) is 6.19. The molecule has 2 aromatic rings. The van der Waals surface area contributed by atoms with Gasteiger partial charge in [-0.3, -0.25) is 14.7 Å². The number of carbonyl (C=O) groups excluding carboxylic acids is 1. The number of benzene rings is 1. The first kappa shape index (κ1) is 15.7. The van der Waals surface area contributed by atoms with Crippen LogP contribution in [0.5, 0.6) is 0 Å². The average molecular weight is 309 g/mol. The van der Waals surface area contributed by atoms with Gasteiger partial charge in [0.05, 0.1) is 0 Å². The van der Waals surface area contributed by atoms with Crippen LogP contribution in [-0.2, 0) is 11.3 Å². The summed E-state index contributed by atoms with van der Waals surface area (Å²) in [6.07, 6.45) is 5.76. The maximum Gasteiger partial charge on any atom is 0.217 e. The van der Waals surface area contributed by atoms with Crippen LogP contribution in [0.1, 0.15) is 25.3 Å². The van der Waals surface area contributed by atoms with E-state index in [9.17, 15) is 4.79 Å². The molecule has 1 aliphatic rings. The highest BCUT2D eigenvalue weighted by Crippen LogP contribution is 2.21. The summed E-state index contributed by atoms with van der Waals surface area (Å²) in [5.74, 6) is 0.0765. The number of nitrogens with zero attached hydrogens (tertiary/aromatic N) is 2. The van der Waals surface area contributed by atoms with Gasteiger partial charge >= 0.3 is 0 Å². The van der Waals surface area contributed by atoms with Crippen LogP contribution in [0.4, 0.5) is 0 Å². The van der Waals surface area contributed by atoms with E-state index in [1.807, 2.05) is 12.3 Å². The highest BCUT2D eigenvalue weighted by molar-refractivity contribution is 5.73. The molecule has 2 heterocycles. The number of carbonyl (C=O) groups is 1. The normalized spacial score (nSPS) is 16.2. The molecule has 0 saturated carbocycles. The minimum absolute atomic E-state index is 0.0765. The number of pyridine rings is 1. The molecule has 0 atom stereocenters. The van der Waals surface area contributed by atoms with E-state index in [1.165, 1.54) is 11.1 Å². The van der Waals surface area contributed by atoms with Gasteiger partial charge in [0.25, 0.3) is 0 Å². The summed E-state index contributed by atoms with van der Waals surface area (Å²) in [6.45, 7) is 4.61. The van der Waals surface area contributed by atoms with E-state index < -0.39 is 0 Å². The summed E-state index contributed by atoms with van der Waals surface area (Å²) in [5.41, 5.74) is 3.69. The van der Waals surface area contributed by atoms with Crippen molar-refractivity contribution in [2.45, 2.75) is 32.4 Å². The lowest BCUT2D eigenvalue weighted by Gasteiger charge is -2.32. The van der Waals surface area contributed by atoms with Crippen LogP contribution < -0.4 is 5.32 Å². The predicted octanol–water partition coefficient (Wildman–Crippen LogP) is 2.85. The van der Waals surface area contributed by atoms with Crippen molar-refractivity contribution in [3.63, 3.8) is 0 Å². The number of hydrogen-bond donors (Lipinski definition) is 1. The molecular weight excluding hydrogens is 286 g/mol. The second-order valence-electron chi connectivity index (χ2n) is 6.19. The number of aromatic nitrogens is 1. The molecule has 1 aromatic carbocycles. The molecule has 4 heteroatoms. The van der Waals surface area contributed by atoms with E-state index in [-0.39, 0.29) is 5.91 Å². The Balaban J connectivity index is 1.60. The van der Waals surface area contributed by atoms with Gasteiger partial charge in [-0.25, -0.2) is 0 Å². The summed E-state index contributed by atoms with van der Waals surface area (Å²) >= 11 is 0. The van der Waals surface area contributed by atoms with Crippen molar-refractivity contribution in [3.05, 3.63) is 54.4 Å². The lowest BCUT2D eigenvalue weighted by Crippen LogP contribution is -2.43. The molecular formula is C19H23N3O. The highest BCUT2D eigenvalue weighted by atomic mass is 16.1. The molecule has 1 amide bonds. The Morgan fingerprint density at radius 2 is 2.00 bits per heavy atom. The van der Waals surface area contributed by atoms with Crippen LogP contribution in [0.2, 0.25) is 0 Å². The van der Waals surface area contributed by atoms with Gasteiger partial charge in [-0.15, -0.1) is 0 Å². The molecule has 1 N–H and O–H groups in total. The Hall–Kier alpha value is -2.20. The third-order valence-corrected chi connectivity index (χ3v) is 4.32. The van der Waals surface area contributed by atoms with Crippen molar-refractivity contribution in [2.24, 2.45) is 0 Å². The van der Waals surface area contributed by atoms with Gasteiger partial charge in [0.2, 0.25) is 5.91 Å². The van der Waals surface area contributed by atoms with E-state index in [0.29, 0.717) is 6.04 Å². The van der Waals surface area contributed by atoms with Crippen LogP contribution in [0.15, 0.2) is 48.8 Å². The lowest BCUT2D eigenvalue weighted by atomic mass is 10.0. The molecule has 0 spiro atoms. The van der Waals surface area contributed by atoms with Crippen LogP contribution in [0, 0.1) is 0 Å². The maximum atomic E-state index is 11.1. The van der Waals surface area contributed by atoms with Crippen molar-refractivity contribution < 1.29 is 4.79 Å². The zero-order chi connectivity index (χ0) is 16.1. The Kier molecular flexibility index (Phi) is 5.03. The largest absolute Gasteiger partial charge is 0.354 e. The molecule has 4 nitrogen and oxygen atoms in total. The summed E-state index contributed by atoms with van der Waals surface area (Å²) in [6, 6.07) is 13.1. The Morgan fingerprint density at radius 3 is 2.70 bits per heavy atom. The van der Waals surface area contributed by atoms with Gasteiger partial charge in [0, 0.05) is 45.0 Å². The zero-order valence-corrected chi connectivity index (χ0v) is 13.5. The zero-order valence-electron chi connectivity index (χ0n) is 13.5. The van der Waals surface area contributed by atoms with E-state index in [1.54, 1.807) is 13.1 Å². The van der Waals surface area contributed by atoms with E-state index in [4.69, 9.17) is 0 Å². The molecule has 23 heavy (non-hydrogen) atoms. The topological polar surface area (TPSA) is 45.2 Å². The second kappa shape index (κ2) is 7.38. The molecule has 0 bridgehead atoms. The minimum atomic E-state index is 0.0765. The Labute approximate surface area is 137 Å². The van der Waals surface area contributed by atoms with Gasteiger partial charge in [-0.1, -0.05) is 24.3 Å². The smallest absolute Gasteiger partial charge is 0.217 e. The highest BCUT2D eigenvalue weighted by Gasteiger charge is 2.19. The van der Waals surface area contributed by atoms with Crippen molar-refractivity contribution in [2.75, 3.05) is 13.1 Å². The molecule has 1 saturated heterocycles.